The number of carbonyl (C=O) groups is 1. The number of hydrogen-bond donors (Lipinski definition) is 1. The SMILES string of the molecule is CCCCN(C)CC1CCN(CCNC(=O)OC(C)(C)C)CC1. The lowest BCUT2D eigenvalue weighted by Crippen LogP contribution is -2.42. The summed E-state index contributed by atoms with van der Waals surface area (Å²) < 4.78 is 5.25. The van der Waals surface area contributed by atoms with Crippen molar-refractivity contribution in [1.29, 1.82) is 0 Å². The zero-order chi connectivity index (χ0) is 17.3. The van der Waals surface area contributed by atoms with Gasteiger partial charge < -0.3 is 19.9 Å². The summed E-state index contributed by atoms with van der Waals surface area (Å²) in [5, 5.41) is 2.84. The summed E-state index contributed by atoms with van der Waals surface area (Å²) in [5.41, 5.74) is -0.424. The quantitative estimate of drug-likeness (QED) is 0.744. The van der Waals surface area contributed by atoms with Crippen LogP contribution < -0.4 is 5.32 Å². The minimum Gasteiger partial charge on any atom is -0.444 e. The highest BCUT2D eigenvalue weighted by Crippen LogP contribution is 2.17. The van der Waals surface area contributed by atoms with Crippen molar-refractivity contribution in [3.8, 4) is 0 Å². The van der Waals surface area contributed by atoms with Crippen LogP contribution in [0.1, 0.15) is 53.4 Å². The predicted molar refractivity (Wildman–Crippen MR) is 95.8 cm³/mol. The van der Waals surface area contributed by atoms with Crippen molar-refractivity contribution in [2.45, 2.75) is 59.0 Å². The number of likely N-dealkylation sites (tertiary alicyclic amines) is 1. The molecule has 0 radical (unpaired) electrons. The third-order valence-electron chi connectivity index (χ3n) is 4.27. The molecule has 1 amide bonds. The number of piperidine rings is 1. The van der Waals surface area contributed by atoms with E-state index in [1.54, 1.807) is 0 Å². The summed E-state index contributed by atoms with van der Waals surface area (Å²) in [6.45, 7) is 14.2. The van der Waals surface area contributed by atoms with Crippen molar-refractivity contribution in [2.75, 3.05) is 46.3 Å². The summed E-state index contributed by atoms with van der Waals surface area (Å²) in [7, 11) is 2.24. The Hall–Kier alpha value is -0.810. The van der Waals surface area contributed by atoms with Gasteiger partial charge in [-0.1, -0.05) is 13.3 Å². The molecule has 0 aliphatic carbocycles. The van der Waals surface area contributed by atoms with Crippen LogP contribution in [0.3, 0.4) is 0 Å². The number of amides is 1. The fourth-order valence-electron chi connectivity index (χ4n) is 2.98. The van der Waals surface area contributed by atoms with Crippen LogP contribution in [0.5, 0.6) is 0 Å². The van der Waals surface area contributed by atoms with Gasteiger partial charge in [0.25, 0.3) is 0 Å². The standard InChI is InChI=1S/C18H37N3O2/c1-6-7-11-20(5)15-16-8-12-21(13-9-16)14-10-19-17(22)23-18(2,3)4/h16H,6-15H2,1-5H3,(H,19,22). The lowest BCUT2D eigenvalue weighted by Gasteiger charge is -2.34. The van der Waals surface area contributed by atoms with E-state index in [-0.39, 0.29) is 6.09 Å². The van der Waals surface area contributed by atoms with Crippen molar-refractivity contribution in [2.24, 2.45) is 5.92 Å². The zero-order valence-corrected chi connectivity index (χ0v) is 15.9. The second-order valence-corrected chi connectivity index (χ2v) is 7.83. The minimum atomic E-state index is -0.424. The van der Waals surface area contributed by atoms with Gasteiger partial charge in [0.15, 0.2) is 0 Å². The average Bonchev–Trinajstić information content (AvgIpc) is 2.45. The first-order chi connectivity index (χ1) is 10.8. The van der Waals surface area contributed by atoms with Crippen molar-refractivity contribution < 1.29 is 9.53 Å². The molecule has 1 rings (SSSR count). The Labute approximate surface area is 142 Å². The van der Waals surface area contributed by atoms with Gasteiger partial charge in [-0.3, -0.25) is 0 Å². The molecule has 0 bridgehead atoms. The Morgan fingerprint density at radius 1 is 1.30 bits per heavy atom. The molecule has 5 heteroatoms. The van der Waals surface area contributed by atoms with E-state index in [4.69, 9.17) is 4.74 Å². The van der Waals surface area contributed by atoms with Gasteiger partial charge in [-0.2, -0.15) is 0 Å². The maximum atomic E-state index is 11.6. The van der Waals surface area contributed by atoms with Crippen LogP contribution in [0.25, 0.3) is 0 Å². The fraction of sp³-hybridized carbons (Fsp3) is 0.944. The number of carbonyl (C=O) groups excluding carboxylic acids is 1. The van der Waals surface area contributed by atoms with Gasteiger partial charge in [-0.15, -0.1) is 0 Å². The van der Waals surface area contributed by atoms with Crippen LogP contribution in [-0.4, -0.2) is 67.8 Å². The van der Waals surface area contributed by atoms with Gasteiger partial charge >= 0.3 is 6.09 Å². The zero-order valence-electron chi connectivity index (χ0n) is 15.9. The molecule has 0 atom stereocenters. The Bertz CT molecular complexity index is 334. The molecule has 1 aliphatic rings. The monoisotopic (exact) mass is 327 g/mol. The molecule has 0 aromatic rings. The first-order valence-electron chi connectivity index (χ1n) is 9.18. The number of nitrogens with zero attached hydrogens (tertiary/aromatic N) is 2. The normalized spacial score (nSPS) is 17.5. The summed E-state index contributed by atoms with van der Waals surface area (Å²) in [4.78, 5) is 16.5. The number of ether oxygens (including phenoxy) is 1. The fourth-order valence-corrected chi connectivity index (χ4v) is 2.98. The van der Waals surface area contributed by atoms with Gasteiger partial charge in [0.1, 0.15) is 5.60 Å². The molecule has 0 unspecified atom stereocenters. The van der Waals surface area contributed by atoms with E-state index >= 15 is 0 Å². The van der Waals surface area contributed by atoms with Crippen molar-refractivity contribution in [1.82, 2.24) is 15.1 Å². The van der Waals surface area contributed by atoms with Gasteiger partial charge in [0.2, 0.25) is 0 Å². The molecule has 1 fully saturated rings. The molecule has 0 aromatic carbocycles. The Kier molecular flexibility index (Phi) is 8.92. The average molecular weight is 328 g/mol. The van der Waals surface area contributed by atoms with Crippen LogP contribution >= 0.6 is 0 Å². The van der Waals surface area contributed by atoms with Crippen molar-refractivity contribution in [3.63, 3.8) is 0 Å². The molecule has 0 saturated carbocycles. The van der Waals surface area contributed by atoms with Gasteiger partial charge in [0.05, 0.1) is 0 Å². The number of rotatable bonds is 8. The smallest absolute Gasteiger partial charge is 0.407 e. The molecule has 5 nitrogen and oxygen atoms in total. The summed E-state index contributed by atoms with van der Waals surface area (Å²) in [5.74, 6) is 0.826. The lowest BCUT2D eigenvalue weighted by molar-refractivity contribution is 0.0518. The number of alkyl carbamates (subject to hydrolysis) is 1. The van der Waals surface area contributed by atoms with E-state index in [2.05, 4.69) is 29.1 Å². The molecule has 1 heterocycles. The highest BCUT2D eigenvalue weighted by molar-refractivity contribution is 5.67. The number of unbranched alkanes of at least 4 members (excludes halogenated alkanes) is 1. The molecule has 0 spiro atoms. The summed E-state index contributed by atoms with van der Waals surface area (Å²) in [6.07, 6.45) is 4.79. The van der Waals surface area contributed by atoms with E-state index in [9.17, 15) is 4.79 Å². The van der Waals surface area contributed by atoms with E-state index in [1.165, 1.54) is 38.8 Å². The topological polar surface area (TPSA) is 44.8 Å². The largest absolute Gasteiger partial charge is 0.444 e. The second-order valence-electron chi connectivity index (χ2n) is 7.83. The summed E-state index contributed by atoms with van der Waals surface area (Å²) in [6, 6.07) is 0. The highest BCUT2D eigenvalue weighted by atomic mass is 16.6. The first kappa shape index (κ1) is 20.2. The third-order valence-corrected chi connectivity index (χ3v) is 4.27. The molecular formula is C18H37N3O2. The van der Waals surface area contributed by atoms with Crippen LogP contribution in [0.15, 0.2) is 0 Å². The minimum absolute atomic E-state index is 0.315. The second kappa shape index (κ2) is 10.1. The van der Waals surface area contributed by atoms with E-state index in [1.807, 2.05) is 20.8 Å². The molecule has 0 aromatic heterocycles. The van der Waals surface area contributed by atoms with E-state index in [0.717, 1.165) is 25.6 Å². The molecule has 1 aliphatic heterocycles. The first-order valence-corrected chi connectivity index (χ1v) is 9.18. The molecule has 1 N–H and O–H groups in total. The Balaban J connectivity index is 2.11. The van der Waals surface area contributed by atoms with Crippen molar-refractivity contribution in [3.05, 3.63) is 0 Å². The molecular weight excluding hydrogens is 290 g/mol. The molecule has 136 valence electrons. The van der Waals surface area contributed by atoms with Crippen LogP contribution in [-0.2, 0) is 4.74 Å². The summed E-state index contributed by atoms with van der Waals surface area (Å²) >= 11 is 0. The Morgan fingerprint density at radius 3 is 2.52 bits per heavy atom. The van der Waals surface area contributed by atoms with Crippen LogP contribution in [0.2, 0.25) is 0 Å². The maximum absolute atomic E-state index is 11.6. The van der Waals surface area contributed by atoms with Gasteiger partial charge in [-0.25, -0.2) is 4.79 Å². The van der Waals surface area contributed by atoms with Crippen LogP contribution in [0, 0.1) is 5.92 Å². The van der Waals surface area contributed by atoms with E-state index in [0.29, 0.717) is 6.54 Å². The van der Waals surface area contributed by atoms with Gasteiger partial charge in [-0.05, 0) is 72.6 Å². The number of hydrogen-bond acceptors (Lipinski definition) is 4. The van der Waals surface area contributed by atoms with Crippen molar-refractivity contribution >= 4 is 6.09 Å². The molecule has 1 saturated heterocycles. The molecule has 23 heavy (non-hydrogen) atoms. The van der Waals surface area contributed by atoms with Crippen LogP contribution in [0.4, 0.5) is 4.79 Å². The number of nitrogens with one attached hydrogen (secondary N) is 1. The lowest BCUT2D eigenvalue weighted by atomic mass is 9.96. The predicted octanol–water partition coefficient (Wildman–Crippen LogP) is 2.96. The van der Waals surface area contributed by atoms with Gasteiger partial charge in [0, 0.05) is 19.6 Å². The Morgan fingerprint density at radius 2 is 1.96 bits per heavy atom. The third kappa shape index (κ3) is 9.82. The highest BCUT2D eigenvalue weighted by Gasteiger charge is 2.20. The van der Waals surface area contributed by atoms with E-state index < -0.39 is 5.60 Å². The maximum Gasteiger partial charge on any atom is 0.407 e.